The van der Waals surface area contributed by atoms with E-state index in [1.54, 1.807) is 0 Å². The van der Waals surface area contributed by atoms with Crippen molar-refractivity contribution in [1.82, 2.24) is 19.6 Å². The highest BCUT2D eigenvalue weighted by molar-refractivity contribution is 8.00. The Balaban J connectivity index is 1.52. The first-order valence-corrected chi connectivity index (χ1v) is 12.2. The van der Waals surface area contributed by atoms with Gasteiger partial charge in [-0.15, -0.1) is 11.8 Å². The number of carbonyl (C=O) groups excluding carboxylic acids is 2. The minimum absolute atomic E-state index is 0.00989. The van der Waals surface area contributed by atoms with Gasteiger partial charge in [-0.2, -0.15) is 9.36 Å². The summed E-state index contributed by atoms with van der Waals surface area (Å²) in [6.45, 7) is 2.50. The molecule has 178 valence electrons. The van der Waals surface area contributed by atoms with Gasteiger partial charge in [0.15, 0.2) is 24.1 Å². The van der Waals surface area contributed by atoms with Gasteiger partial charge in [0.05, 0.1) is 0 Å². The van der Waals surface area contributed by atoms with Crippen molar-refractivity contribution in [3.8, 4) is 0 Å². The van der Waals surface area contributed by atoms with E-state index >= 15 is 0 Å². The number of aromatic nitrogens is 3. The molecule has 1 saturated heterocycles. The number of fused-ring (bicyclic) bond motifs is 1. The van der Waals surface area contributed by atoms with Crippen LogP contribution >= 0.6 is 23.3 Å². The topological polar surface area (TPSA) is 164 Å². The zero-order chi connectivity index (χ0) is 24.2. The molecule has 12 nitrogen and oxygen atoms in total. The second-order valence-electron chi connectivity index (χ2n) is 7.40. The number of pyridine rings is 1. The number of aliphatic carboxylic acids is 1. The van der Waals surface area contributed by atoms with Crippen molar-refractivity contribution in [2.24, 2.45) is 5.16 Å². The molecule has 4 rings (SSSR count). The molecule has 2 aromatic rings. The number of carboxylic acid groups (broad SMARTS) is 1. The van der Waals surface area contributed by atoms with E-state index in [2.05, 4.69) is 19.8 Å². The quantitative estimate of drug-likeness (QED) is 0.140. The van der Waals surface area contributed by atoms with Gasteiger partial charge in [-0.1, -0.05) is 18.1 Å². The van der Waals surface area contributed by atoms with E-state index in [4.69, 9.17) is 10.6 Å². The first-order chi connectivity index (χ1) is 16.4. The number of nitrogens with one attached hydrogen (secondary N) is 1. The Bertz CT molecular complexity index is 1170. The summed E-state index contributed by atoms with van der Waals surface area (Å²) in [5.74, 6) is -2.02. The summed E-state index contributed by atoms with van der Waals surface area (Å²) >= 11 is 2.28. The summed E-state index contributed by atoms with van der Waals surface area (Å²) in [6.07, 6.45) is 4.32. The molecule has 0 radical (unpaired) electrons. The van der Waals surface area contributed by atoms with Crippen LogP contribution in [-0.4, -0.2) is 66.6 Å². The van der Waals surface area contributed by atoms with Crippen molar-refractivity contribution in [2.45, 2.75) is 31.3 Å². The Labute approximate surface area is 202 Å². The number of nitrogens with zero attached hydrogens (tertiary/aromatic N) is 5. The molecule has 2 aromatic heterocycles. The van der Waals surface area contributed by atoms with Gasteiger partial charge in [-0.3, -0.25) is 14.5 Å². The van der Waals surface area contributed by atoms with E-state index in [9.17, 15) is 19.5 Å². The molecule has 1 fully saturated rings. The van der Waals surface area contributed by atoms with Crippen LogP contribution < -0.4 is 15.6 Å². The van der Waals surface area contributed by atoms with Crippen LogP contribution in [0.5, 0.6) is 0 Å². The summed E-state index contributed by atoms with van der Waals surface area (Å²) in [7, 11) is 0. The van der Waals surface area contributed by atoms with Gasteiger partial charge < -0.3 is 21.0 Å². The predicted octanol–water partition coefficient (Wildman–Crippen LogP) is -0.0227. The van der Waals surface area contributed by atoms with Gasteiger partial charge in [0.2, 0.25) is 11.5 Å². The van der Waals surface area contributed by atoms with Gasteiger partial charge in [-0.05, 0) is 6.42 Å². The van der Waals surface area contributed by atoms with Crippen molar-refractivity contribution in [2.75, 3.05) is 18.1 Å². The number of hydrogen-bond donors (Lipinski definition) is 3. The van der Waals surface area contributed by atoms with Gasteiger partial charge in [0.25, 0.3) is 11.8 Å². The Kier molecular flexibility index (Phi) is 7.07. The van der Waals surface area contributed by atoms with Crippen molar-refractivity contribution < 1.29 is 28.9 Å². The normalized spacial score (nSPS) is 20.0. The summed E-state index contributed by atoms with van der Waals surface area (Å²) in [5.41, 5.74) is 5.98. The molecule has 34 heavy (non-hydrogen) atoms. The van der Waals surface area contributed by atoms with Crippen LogP contribution in [0, 0.1) is 0 Å². The fraction of sp³-hybridized carbons (Fsp3) is 0.350. The molecule has 0 aliphatic carbocycles. The third-order valence-corrected chi connectivity index (χ3v) is 6.89. The lowest BCUT2D eigenvalue weighted by molar-refractivity contribution is -0.689. The first kappa shape index (κ1) is 23.6. The molecule has 4 heterocycles. The van der Waals surface area contributed by atoms with Crippen LogP contribution in [0.25, 0.3) is 0 Å². The molecular formula is C20H22N7O5S2+. The zero-order valence-corrected chi connectivity index (χ0v) is 19.7. The van der Waals surface area contributed by atoms with E-state index in [1.165, 1.54) is 16.7 Å². The smallest absolute Gasteiger partial charge is 0.352 e. The van der Waals surface area contributed by atoms with Crippen LogP contribution in [0.2, 0.25) is 0 Å². The van der Waals surface area contributed by atoms with Crippen molar-refractivity contribution in [3.63, 3.8) is 0 Å². The summed E-state index contributed by atoms with van der Waals surface area (Å²) in [4.78, 5) is 48.3. The molecule has 0 aromatic carbocycles. The molecule has 2 atom stereocenters. The highest BCUT2D eigenvalue weighted by Crippen LogP contribution is 2.40. The Hall–Kier alpha value is -3.52. The fourth-order valence-corrected chi connectivity index (χ4v) is 5.26. The van der Waals surface area contributed by atoms with Crippen molar-refractivity contribution in [3.05, 3.63) is 47.7 Å². The standard InChI is InChI=1S/C20H21N7O5S2/c1-2-8-32-24-12(15-23-20(21)34-25-15)16(28)22-13-17(29)27-14(19(30)31)11(10-33-18(13)27)9-26-6-4-3-5-7-26/h3-7,13,18H,2,8-10H2,1H3,(H3-,21,22,23,25,28,30,31)/p+1/t13?,18-/m0/s1. The lowest BCUT2D eigenvalue weighted by atomic mass is 10.0. The Morgan fingerprint density at radius 2 is 2.15 bits per heavy atom. The average molecular weight is 505 g/mol. The Morgan fingerprint density at radius 3 is 2.79 bits per heavy atom. The monoisotopic (exact) mass is 504 g/mol. The lowest BCUT2D eigenvalue weighted by Crippen LogP contribution is -2.71. The third-order valence-electron chi connectivity index (χ3n) is 5.01. The summed E-state index contributed by atoms with van der Waals surface area (Å²) in [5, 5.41) is 15.9. The Morgan fingerprint density at radius 1 is 1.38 bits per heavy atom. The number of oxime groups is 1. The van der Waals surface area contributed by atoms with Gasteiger partial charge in [0, 0.05) is 35.0 Å². The van der Waals surface area contributed by atoms with Crippen LogP contribution in [0.3, 0.4) is 0 Å². The molecular weight excluding hydrogens is 482 g/mol. The minimum atomic E-state index is -1.19. The number of hydrogen-bond acceptors (Lipinski definition) is 10. The van der Waals surface area contributed by atoms with Crippen LogP contribution in [-0.2, 0) is 25.8 Å². The zero-order valence-electron chi connectivity index (χ0n) is 18.1. The van der Waals surface area contributed by atoms with E-state index in [-0.39, 0.29) is 29.0 Å². The summed E-state index contributed by atoms with van der Waals surface area (Å²) < 4.78 is 5.84. The molecule has 0 spiro atoms. The largest absolute Gasteiger partial charge is 0.477 e. The highest BCUT2D eigenvalue weighted by Gasteiger charge is 2.54. The maximum atomic E-state index is 12.9. The van der Waals surface area contributed by atoms with E-state index < -0.39 is 29.2 Å². The maximum Gasteiger partial charge on any atom is 0.352 e. The lowest BCUT2D eigenvalue weighted by Gasteiger charge is -2.49. The second-order valence-corrected chi connectivity index (χ2v) is 9.28. The number of carbonyl (C=O) groups is 3. The van der Waals surface area contributed by atoms with E-state index in [0.29, 0.717) is 24.3 Å². The second kappa shape index (κ2) is 10.2. The number of amides is 2. The fourth-order valence-electron chi connectivity index (χ4n) is 3.49. The molecule has 0 saturated carbocycles. The number of nitrogens with two attached hydrogens (primary N) is 1. The highest BCUT2D eigenvalue weighted by atomic mass is 32.2. The SMILES string of the molecule is CCCON=C(C(=O)NC1C(=O)N2C(C(=O)O)=C(C[n+]3ccccc3)CS[C@@H]12)c1nsc(N)n1. The number of β-lactam (4-membered cyclic amide) rings is 1. The van der Waals surface area contributed by atoms with Gasteiger partial charge in [-0.25, -0.2) is 9.36 Å². The average Bonchev–Trinajstić information content (AvgIpc) is 3.26. The number of anilines is 1. The molecule has 14 heteroatoms. The maximum absolute atomic E-state index is 12.9. The predicted molar refractivity (Wildman–Crippen MR) is 123 cm³/mol. The first-order valence-electron chi connectivity index (χ1n) is 10.3. The molecule has 0 bridgehead atoms. The van der Waals surface area contributed by atoms with Crippen LogP contribution in [0.4, 0.5) is 5.13 Å². The van der Waals surface area contributed by atoms with Crippen LogP contribution in [0.15, 0.2) is 47.0 Å². The van der Waals surface area contributed by atoms with Crippen molar-refractivity contribution in [1.29, 1.82) is 0 Å². The number of rotatable bonds is 9. The van der Waals surface area contributed by atoms with Crippen LogP contribution in [0.1, 0.15) is 19.2 Å². The number of carboxylic acids is 1. The van der Waals surface area contributed by atoms with E-state index in [1.807, 2.05) is 42.1 Å². The van der Waals surface area contributed by atoms with E-state index in [0.717, 1.165) is 11.5 Å². The molecule has 2 aliphatic rings. The minimum Gasteiger partial charge on any atom is -0.477 e. The molecule has 1 unspecified atom stereocenters. The molecule has 2 aliphatic heterocycles. The summed E-state index contributed by atoms with van der Waals surface area (Å²) in [6, 6.07) is 4.62. The van der Waals surface area contributed by atoms with Gasteiger partial charge >= 0.3 is 5.97 Å². The molecule has 2 amide bonds. The number of thioether (sulfide) groups is 1. The third kappa shape index (κ3) is 4.72. The van der Waals surface area contributed by atoms with Crippen molar-refractivity contribution >= 4 is 51.9 Å². The van der Waals surface area contributed by atoms with Gasteiger partial charge in [0.1, 0.15) is 23.7 Å². The number of nitrogen functional groups attached to an aromatic ring is 1. The molecule has 4 N–H and O–H groups in total.